The first-order valence-electron chi connectivity index (χ1n) is 5.80. The van der Waals surface area contributed by atoms with Crippen molar-refractivity contribution in [2.75, 3.05) is 0 Å². The molecule has 0 heterocycles. The lowest BCUT2D eigenvalue weighted by atomic mass is 10.1. The van der Waals surface area contributed by atoms with E-state index in [-0.39, 0.29) is 0 Å². The normalized spacial score (nSPS) is 13.3. The van der Waals surface area contributed by atoms with Crippen molar-refractivity contribution >= 4 is 18.2 Å². The molecule has 4 N–H and O–H groups in total. The van der Waals surface area contributed by atoms with Crippen LogP contribution < -0.4 is 11.1 Å². The summed E-state index contributed by atoms with van der Waals surface area (Å²) >= 11 is 0. The predicted octanol–water partition coefficient (Wildman–Crippen LogP) is -0.285. The first kappa shape index (κ1) is 14.8. The van der Waals surface area contributed by atoms with Crippen LogP contribution in [0, 0.1) is 0 Å². The second kappa shape index (κ2) is 7.27. The Labute approximate surface area is 110 Å². The molecule has 0 aromatic heterocycles. The highest BCUT2D eigenvalue weighted by Crippen LogP contribution is 2.02. The SMILES string of the molecule is NC(CC(=O)O)C(=O)NC(C=O)Cc1ccccc1. The minimum Gasteiger partial charge on any atom is -0.481 e. The van der Waals surface area contributed by atoms with Crippen LogP contribution in [0.2, 0.25) is 0 Å². The number of hydrogen-bond acceptors (Lipinski definition) is 4. The van der Waals surface area contributed by atoms with Gasteiger partial charge in [0.1, 0.15) is 6.29 Å². The third-order valence-corrected chi connectivity index (χ3v) is 2.52. The standard InChI is InChI=1S/C13H16N2O4/c14-11(7-12(17)18)13(19)15-10(8-16)6-9-4-2-1-3-5-9/h1-5,8,10-11H,6-7,14H2,(H,15,19)(H,17,18). The number of carbonyl (C=O) groups excluding carboxylic acids is 2. The van der Waals surface area contributed by atoms with Crippen LogP contribution in [-0.2, 0) is 20.8 Å². The first-order chi connectivity index (χ1) is 9.02. The van der Waals surface area contributed by atoms with E-state index in [0.717, 1.165) is 5.56 Å². The number of carboxylic acids is 1. The molecule has 19 heavy (non-hydrogen) atoms. The molecule has 1 rings (SSSR count). The smallest absolute Gasteiger partial charge is 0.305 e. The van der Waals surface area contributed by atoms with Gasteiger partial charge in [0.25, 0.3) is 0 Å². The number of nitrogens with one attached hydrogen (secondary N) is 1. The van der Waals surface area contributed by atoms with Crippen LogP contribution in [-0.4, -0.2) is 35.4 Å². The Bertz CT molecular complexity index is 447. The summed E-state index contributed by atoms with van der Waals surface area (Å²) in [6, 6.07) is 7.30. The molecule has 0 spiro atoms. The van der Waals surface area contributed by atoms with Crippen molar-refractivity contribution in [1.82, 2.24) is 5.32 Å². The third kappa shape index (κ3) is 5.31. The molecule has 0 aliphatic heterocycles. The maximum atomic E-state index is 11.6. The van der Waals surface area contributed by atoms with Crippen molar-refractivity contribution in [2.45, 2.75) is 24.9 Å². The second-order valence-electron chi connectivity index (χ2n) is 4.15. The zero-order valence-corrected chi connectivity index (χ0v) is 10.3. The van der Waals surface area contributed by atoms with E-state index in [0.29, 0.717) is 12.7 Å². The summed E-state index contributed by atoms with van der Waals surface area (Å²) in [5.41, 5.74) is 6.30. The van der Waals surface area contributed by atoms with Gasteiger partial charge in [-0.15, -0.1) is 0 Å². The molecule has 0 fully saturated rings. The Balaban J connectivity index is 2.55. The average Bonchev–Trinajstić information content (AvgIpc) is 2.38. The molecule has 0 aliphatic rings. The van der Waals surface area contributed by atoms with Crippen LogP contribution in [0.4, 0.5) is 0 Å². The van der Waals surface area contributed by atoms with Gasteiger partial charge in [0.2, 0.25) is 5.91 Å². The van der Waals surface area contributed by atoms with Crippen molar-refractivity contribution in [1.29, 1.82) is 0 Å². The Kier molecular flexibility index (Phi) is 5.69. The van der Waals surface area contributed by atoms with Crippen LogP contribution in [0.25, 0.3) is 0 Å². The van der Waals surface area contributed by atoms with Gasteiger partial charge in [-0.05, 0) is 12.0 Å². The molecule has 0 aliphatic carbocycles. The van der Waals surface area contributed by atoms with E-state index in [4.69, 9.17) is 10.8 Å². The minimum absolute atomic E-state index is 0.343. The van der Waals surface area contributed by atoms with Gasteiger partial charge in [0.15, 0.2) is 0 Å². The molecule has 2 atom stereocenters. The second-order valence-corrected chi connectivity index (χ2v) is 4.15. The van der Waals surface area contributed by atoms with Gasteiger partial charge in [-0.3, -0.25) is 9.59 Å². The lowest BCUT2D eigenvalue weighted by Gasteiger charge is -2.15. The minimum atomic E-state index is -1.16. The maximum absolute atomic E-state index is 11.6. The monoisotopic (exact) mass is 264 g/mol. The van der Waals surface area contributed by atoms with Crippen molar-refractivity contribution in [3.05, 3.63) is 35.9 Å². The summed E-state index contributed by atoms with van der Waals surface area (Å²) in [7, 11) is 0. The molecule has 102 valence electrons. The highest BCUT2D eigenvalue weighted by molar-refractivity contribution is 5.87. The number of aldehydes is 1. The Morgan fingerprint density at radius 1 is 1.32 bits per heavy atom. The van der Waals surface area contributed by atoms with Crippen molar-refractivity contribution in [2.24, 2.45) is 5.73 Å². The highest BCUT2D eigenvalue weighted by atomic mass is 16.4. The summed E-state index contributed by atoms with van der Waals surface area (Å²) in [6.45, 7) is 0. The lowest BCUT2D eigenvalue weighted by molar-refractivity contribution is -0.139. The third-order valence-electron chi connectivity index (χ3n) is 2.52. The summed E-state index contributed by atoms with van der Waals surface area (Å²) < 4.78 is 0. The number of rotatable bonds is 7. The molecule has 6 nitrogen and oxygen atoms in total. The quantitative estimate of drug-likeness (QED) is 0.586. The number of carbonyl (C=O) groups is 3. The molecule has 1 amide bonds. The molecule has 0 saturated heterocycles. The average molecular weight is 264 g/mol. The Morgan fingerprint density at radius 2 is 1.95 bits per heavy atom. The van der Waals surface area contributed by atoms with Crippen molar-refractivity contribution in [3.8, 4) is 0 Å². The van der Waals surface area contributed by atoms with Crippen LogP contribution in [0.1, 0.15) is 12.0 Å². The molecule has 1 aromatic carbocycles. The van der Waals surface area contributed by atoms with E-state index < -0.39 is 30.4 Å². The summed E-state index contributed by atoms with van der Waals surface area (Å²) in [4.78, 5) is 32.9. The van der Waals surface area contributed by atoms with Gasteiger partial charge in [0.05, 0.1) is 18.5 Å². The van der Waals surface area contributed by atoms with Crippen molar-refractivity contribution in [3.63, 3.8) is 0 Å². The van der Waals surface area contributed by atoms with E-state index in [9.17, 15) is 14.4 Å². The zero-order chi connectivity index (χ0) is 14.3. The van der Waals surface area contributed by atoms with Gasteiger partial charge >= 0.3 is 5.97 Å². The topological polar surface area (TPSA) is 109 Å². The van der Waals surface area contributed by atoms with E-state index in [1.165, 1.54) is 0 Å². The van der Waals surface area contributed by atoms with E-state index >= 15 is 0 Å². The number of amides is 1. The van der Waals surface area contributed by atoms with Gasteiger partial charge in [-0.2, -0.15) is 0 Å². The Hall–Kier alpha value is -2.21. The molecule has 2 unspecified atom stereocenters. The zero-order valence-electron chi connectivity index (χ0n) is 10.3. The van der Waals surface area contributed by atoms with E-state index in [1.54, 1.807) is 0 Å². The molecular weight excluding hydrogens is 248 g/mol. The first-order valence-corrected chi connectivity index (χ1v) is 5.80. The number of carboxylic acid groups (broad SMARTS) is 1. The number of nitrogens with two attached hydrogens (primary N) is 1. The van der Waals surface area contributed by atoms with Crippen LogP contribution >= 0.6 is 0 Å². The van der Waals surface area contributed by atoms with Gasteiger partial charge in [-0.25, -0.2) is 0 Å². The predicted molar refractivity (Wildman–Crippen MR) is 68.4 cm³/mol. The molecule has 6 heteroatoms. The van der Waals surface area contributed by atoms with Crippen LogP contribution in [0.3, 0.4) is 0 Å². The van der Waals surface area contributed by atoms with Crippen molar-refractivity contribution < 1.29 is 19.5 Å². The fraction of sp³-hybridized carbons (Fsp3) is 0.308. The molecule has 0 bridgehead atoms. The summed E-state index contributed by atoms with van der Waals surface area (Å²) in [5, 5.41) is 11.0. The molecular formula is C13H16N2O4. The largest absolute Gasteiger partial charge is 0.481 e. The molecule has 0 saturated carbocycles. The maximum Gasteiger partial charge on any atom is 0.305 e. The molecule has 1 aromatic rings. The van der Waals surface area contributed by atoms with Gasteiger partial charge in [0, 0.05) is 0 Å². The summed E-state index contributed by atoms with van der Waals surface area (Å²) in [5.74, 6) is -1.80. The lowest BCUT2D eigenvalue weighted by Crippen LogP contribution is -2.47. The van der Waals surface area contributed by atoms with Crippen LogP contribution in [0.5, 0.6) is 0 Å². The fourth-order valence-electron chi connectivity index (χ4n) is 1.57. The highest BCUT2D eigenvalue weighted by Gasteiger charge is 2.20. The van der Waals surface area contributed by atoms with Crippen LogP contribution in [0.15, 0.2) is 30.3 Å². The van der Waals surface area contributed by atoms with Gasteiger partial charge < -0.3 is 21.0 Å². The Morgan fingerprint density at radius 3 is 2.47 bits per heavy atom. The number of aliphatic carboxylic acids is 1. The number of hydrogen-bond donors (Lipinski definition) is 3. The summed E-state index contributed by atoms with van der Waals surface area (Å²) in [6.07, 6.45) is 0.483. The van der Waals surface area contributed by atoms with E-state index in [1.807, 2.05) is 30.3 Å². The fourth-order valence-corrected chi connectivity index (χ4v) is 1.57. The number of benzene rings is 1. The van der Waals surface area contributed by atoms with E-state index in [2.05, 4.69) is 5.32 Å². The van der Waals surface area contributed by atoms with Gasteiger partial charge in [-0.1, -0.05) is 30.3 Å². The molecule has 0 radical (unpaired) electrons.